The Kier molecular flexibility index (Phi) is 26.1. The molecule has 0 radical (unpaired) electrons. The molecule has 0 unspecified atom stereocenters. The van der Waals surface area contributed by atoms with Crippen LogP contribution in [0.1, 0.15) is 77.6 Å². The normalized spacial score (nSPS) is 15.1. The Morgan fingerprint density at radius 2 is 1.30 bits per heavy atom. The molecule has 0 spiro atoms. The number of ketones is 1. The third-order valence-electron chi connectivity index (χ3n) is 6.96. The molecule has 44 heavy (non-hydrogen) atoms. The van der Waals surface area contributed by atoms with Crippen LogP contribution in [0.25, 0.3) is 0 Å². The minimum atomic E-state index is -2.18. The third kappa shape index (κ3) is 16.4. The topological polar surface area (TPSA) is 160 Å². The van der Waals surface area contributed by atoms with Gasteiger partial charge >= 0.3 is 5.97 Å². The van der Waals surface area contributed by atoms with Crippen LogP contribution in [-0.2, 0) is 57.0 Å². The van der Waals surface area contributed by atoms with Crippen LogP contribution < -0.4 is 5.73 Å². The van der Waals surface area contributed by atoms with E-state index in [1.54, 1.807) is 6.08 Å². The first-order valence-corrected chi connectivity index (χ1v) is 15.2. The van der Waals surface area contributed by atoms with Crippen molar-refractivity contribution in [2.45, 2.75) is 95.9 Å². The first-order chi connectivity index (χ1) is 21.3. The van der Waals surface area contributed by atoms with Crippen LogP contribution in [0.3, 0.4) is 0 Å². The molecule has 258 valence electrons. The number of Topliss-reactive ketones (excluding diaryl/α,β-unsaturated/α-hetero) is 1. The number of unbranched alkanes of at least 4 members (excludes halogenated alkanes) is 7. The predicted octanol–water partition coefficient (Wildman–Crippen LogP) is 3.66. The molecule has 0 aromatic heterocycles. The predicted molar refractivity (Wildman–Crippen MR) is 162 cm³/mol. The minimum absolute atomic E-state index is 0.132. The molecule has 0 rings (SSSR count). The van der Waals surface area contributed by atoms with Crippen LogP contribution in [0.4, 0.5) is 0 Å². The summed E-state index contributed by atoms with van der Waals surface area (Å²) in [6.07, 6.45) is 10.4. The molecule has 1 amide bonds. The van der Waals surface area contributed by atoms with Gasteiger partial charge in [-0.2, -0.15) is 0 Å². The second-order valence-electron chi connectivity index (χ2n) is 10.4. The SMILES string of the molecule is CCCCCCC(=O)CCCCCC/C=C/[C@H](OCOC)[C@@H](OCOC)[C@H](OCOC)[C@](COCOC)(C(N)=O)C(=O)OC. The standard InChI is InChI=1S/C31H57NO12/c1-7-8-9-14-17-25(33)18-15-12-10-11-13-16-19-26(42-22-37-3)27(43-23-38-4)28(44-24-39-5)31(29(32)34,30(35)40-6)20-41-21-36-2/h16,19,26-28H,7-15,17-18,20-24H2,1-6H3,(H2,32,34)/b19-16+/t26-,27+,28-,31+/m0/s1. The van der Waals surface area contributed by atoms with Gasteiger partial charge in [0.2, 0.25) is 5.91 Å². The van der Waals surface area contributed by atoms with Gasteiger partial charge in [-0.15, -0.1) is 0 Å². The summed E-state index contributed by atoms with van der Waals surface area (Å²) < 4.78 is 48.6. The number of carbonyl (C=O) groups excluding carboxylic acids is 3. The Bertz CT molecular complexity index is 781. The molecule has 13 heteroatoms. The molecule has 0 aliphatic rings. The number of hydrogen-bond acceptors (Lipinski definition) is 12. The van der Waals surface area contributed by atoms with Gasteiger partial charge in [0.1, 0.15) is 51.3 Å². The van der Waals surface area contributed by atoms with E-state index < -0.39 is 42.2 Å². The monoisotopic (exact) mass is 635 g/mol. The van der Waals surface area contributed by atoms with E-state index >= 15 is 0 Å². The maximum Gasteiger partial charge on any atom is 0.326 e. The molecule has 0 aliphatic carbocycles. The summed E-state index contributed by atoms with van der Waals surface area (Å²) in [5.41, 5.74) is 3.65. The third-order valence-corrected chi connectivity index (χ3v) is 6.96. The fraction of sp³-hybridized carbons (Fsp3) is 0.839. The van der Waals surface area contributed by atoms with E-state index in [1.807, 2.05) is 6.08 Å². The number of allylic oxidation sites excluding steroid dienone is 1. The molecule has 0 aromatic rings. The maximum absolute atomic E-state index is 13.2. The molecule has 0 saturated heterocycles. The zero-order chi connectivity index (χ0) is 33.1. The molecule has 2 N–H and O–H groups in total. The lowest BCUT2D eigenvalue weighted by molar-refractivity contribution is -0.235. The van der Waals surface area contributed by atoms with E-state index in [9.17, 15) is 14.4 Å². The Balaban J connectivity index is 5.80. The summed E-state index contributed by atoms with van der Waals surface area (Å²) in [6.45, 7) is 0.703. The molecule has 0 aliphatic heterocycles. The molecule has 13 nitrogen and oxygen atoms in total. The zero-order valence-electron chi connectivity index (χ0n) is 27.7. The summed E-state index contributed by atoms with van der Waals surface area (Å²) in [4.78, 5) is 38.3. The number of amides is 1. The average Bonchev–Trinajstić information content (AvgIpc) is 3.02. The number of hydrogen-bond donors (Lipinski definition) is 1. The number of ether oxygens (including phenoxy) is 9. The van der Waals surface area contributed by atoms with Crippen molar-refractivity contribution in [3.05, 3.63) is 12.2 Å². The number of esters is 1. The van der Waals surface area contributed by atoms with Crippen molar-refractivity contribution in [1.82, 2.24) is 0 Å². The fourth-order valence-electron chi connectivity index (χ4n) is 4.65. The van der Waals surface area contributed by atoms with Gasteiger partial charge in [-0.1, -0.05) is 51.2 Å². The summed E-state index contributed by atoms with van der Waals surface area (Å²) in [7, 11) is 6.78. The molecule has 0 fully saturated rings. The highest BCUT2D eigenvalue weighted by Gasteiger charge is 2.58. The van der Waals surface area contributed by atoms with Crippen molar-refractivity contribution in [2.24, 2.45) is 11.1 Å². The zero-order valence-corrected chi connectivity index (χ0v) is 27.7. The smallest absolute Gasteiger partial charge is 0.326 e. The fourth-order valence-corrected chi connectivity index (χ4v) is 4.65. The Morgan fingerprint density at radius 3 is 1.86 bits per heavy atom. The van der Waals surface area contributed by atoms with E-state index in [2.05, 4.69) is 6.92 Å². The largest absolute Gasteiger partial charge is 0.468 e. The number of nitrogens with two attached hydrogens (primary N) is 1. The lowest BCUT2D eigenvalue weighted by Crippen LogP contribution is -2.63. The Hall–Kier alpha value is -1.97. The van der Waals surface area contributed by atoms with Crippen LogP contribution in [0.2, 0.25) is 0 Å². The van der Waals surface area contributed by atoms with Crippen molar-refractivity contribution in [3.63, 3.8) is 0 Å². The number of methoxy groups -OCH3 is 5. The maximum atomic E-state index is 13.2. The minimum Gasteiger partial charge on any atom is -0.468 e. The van der Waals surface area contributed by atoms with Crippen molar-refractivity contribution >= 4 is 17.7 Å². The average molecular weight is 636 g/mol. The highest BCUT2D eigenvalue weighted by Crippen LogP contribution is 2.33. The number of rotatable bonds is 31. The molecule has 0 aromatic carbocycles. The van der Waals surface area contributed by atoms with E-state index in [0.717, 1.165) is 52.1 Å². The first kappa shape index (κ1) is 42.0. The van der Waals surface area contributed by atoms with E-state index in [1.165, 1.54) is 34.9 Å². The van der Waals surface area contributed by atoms with E-state index in [-0.39, 0.29) is 27.2 Å². The molecule has 4 atom stereocenters. The molecule has 0 saturated carbocycles. The van der Waals surface area contributed by atoms with E-state index in [0.29, 0.717) is 25.0 Å². The van der Waals surface area contributed by atoms with Gasteiger partial charge in [0, 0.05) is 41.3 Å². The van der Waals surface area contributed by atoms with Gasteiger partial charge in [0.05, 0.1) is 13.7 Å². The van der Waals surface area contributed by atoms with Gasteiger partial charge < -0.3 is 48.4 Å². The molecule has 0 heterocycles. The summed E-state index contributed by atoms with van der Waals surface area (Å²) in [5.74, 6) is -1.72. The lowest BCUT2D eigenvalue weighted by atomic mass is 9.77. The number of primary amides is 1. The molecular formula is C31H57NO12. The van der Waals surface area contributed by atoms with Crippen LogP contribution >= 0.6 is 0 Å². The molecule has 0 bridgehead atoms. The van der Waals surface area contributed by atoms with Crippen LogP contribution in [0.15, 0.2) is 12.2 Å². The summed E-state index contributed by atoms with van der Waals surface area (Å²) >= 11 is 0. The number of carbonyl (C=O) groups is 3. The summed E-state index contributed by atoms with van der Waals surface area (Å²) in [5, 5.41) is 0. The van der Waals surface area contributed by atoms with E-state index in [4.69, 9.17) is 48.4 Å². The lowest BCUT2D eigenvalue weighted by Gasteiger charge is -2.40. The summed E-state index contributed by atoms with van der Waals surface area (Å²) in [6, 6.07) is 0. The Morgan fingerprint density at radius 1 is 0.727 bits per heavy atom. The van der Waals surface area contributed by atoms with Crippen LogP contribution in [0.5, 0.6) is 0 Å². The van der Waals surface area contributed by atoms with Gasteiger partial charge in [-0.05, 0) is 25.7 Å². The van der Waals surface area contributed by atoms with Gasteiger partial charge in [0.15, 0.2) is 5.41 Å². The van der Waals surface area contributed by atoms with Gasteiger partial charge in [0.25, 0.3) is 0 Å². The van der Waals surface area contributed by atoms with Crippen LogP contribution in [0, 0.1) is 5.41 Å². The molecular weight excluding hydrogens is 578 g/mol. The van der Waals surface area contributed by atoms with Crippen LogP contribution in [-0.4, -0.2) is 105 Å². The van der Waals surface area contributed by atoms with Gasteiger partial charge in [-0.3, -0.25) is 14.4 Å². The first-order valence-electron chi connectivity index (χ1n) is 15.2. The van der Waals surface area contributed by atoms with Crippen molar-refractivity contribution in [3.8, 4) is 0 Å². The highest BCUT2D eigenvalue weighted by atomic mass is 16.7. The second kappa shape index (κ2) is 27.3. The van der Waals surface area contributed by atoms with Crippen molar-refractivity contribution in [2.75, 3.05) is 69.3 Å². The highest BCUT2D eigenvalue weighted by molar-refractivity contribution is 6.03. The quantitative estimate of drug-likeness (QED) is 0.0388. The van der Waals surface area contributed by atoms with Crippen molar-refractivity contribution in [1.29, 1.82) is 0 Å². The Labute approximate surface area is 263 Å². The van der Waals surface area contributed by atoms with Crippen molar-refractivity contribution < 1.29 is 57.0 Å². The van der Waals surface area contributed by atoms with Gasteiger partial charge in [-0.25, -0.2) is 0 Å². The second-order valence-corrected chi connectivity index (χ2v) is 10.4.